The minimum Gasteiger partial charge on any atom is -0.308 e. The molecule has 0 amide bonds. The lowest BCUT2D eigenvalue weighted by Crippen LogP contribution is -2.18. The van der Waals surface area contributed by atoms with Crippen molar-refractivity contribution in [3.8, 4) is 5.69 Å². The average molecular weight is 267 g/mol. The molecule has 0 atom stereocenters. The van der Waals surface area contributed by atoms with Gasteiger partial charge in [0.25, 0.3) is 0 Å². The average Bonchev–Trinajstić information content (AvgIpc) is 3.08. The van der Waals surface area contributed by atoms with Crippen molar-refractivity contribution in [1.29, 1.82) is 0 Å². The van der Waals surface area contributed by atoms with Crippen molar-refractivity contribution in [2.45, 2.75) is 25.4 Å². The van der Waals surface area contributed by atoms with E-state index in [0.29, 0.717) is 23.3 Å². The number of aromatic nitrogens is 3. The highest BCUT2D eigenvalue weighted by atomic mass is 35.5. The Hall–Kier alpha value is -1.46. The van der Waals surface area contributed by atoms with Crippen molar-refractivity contribution >= 4 is 11.6 Å². The van der Waals surface area contributed by atoms with Crippen LogP contribution in [0.15, 0.2) is 24.4 Å². The molecule has 0 saturated heterocycles. The Kier molecular flexibility index (Phi) is 3.01. The summed E-state index contributed by atoms with van der Waals surface area (Å²) >= 11 is 6.06. The highest BCUT2D eigenvalue weighted by Crippen LogP contribution is 2.23. The Labute approximate surface area is 109 Å². The summed E-state index contributed by atoms with van der Waals surface area (Å²) in [6.07, 6.45) is 4.08. The Morgan fingerprint density at radius 2 is 2.28 bits per heavy atom. The fourth-order valence-electron chi connectivity index (χ4n) is 1.76. The van der Waals surface area contributed by atoms with E-state index in [2.05, 4.69) is 15.6 Å². The Bertz CT molecular complexity index is 565. The van der Waals surface area contributed by atoms with Gasteiger partial charge in [-0.2, -0.15) is 0 Å². The second-order valence-electron chi connectivity index (χ2n) is 4.39. The second-order valence-corrected chi connectivity index (χ2v) is 4.80. The SMILES string of the molecule is Fc1ccc(Cl)c(-n2nncc2CNC2CC2)c1. The van der Waals surface area contributed by atoms with Gasteiger partial charge in [0, 0.05) is 18.7 Å². The normalized spacial score (nSPS) is 15.0. The molecule has 4 nitrogen and oxygen atoms in total. The predicted molar refractivity (Wildman–Crippen MR) is 66.2 cm³/mol. The maximum Gasteiger partial charge on any atom is 0.125 e. The molecular weight excluding hydrogens is 255 g/mol. The standard InChI is InChI=1S/C12H12ClFN4/c13-11-4-1-8(14)5-12(11)18-10(7-16-17-18)6-15-9-2-3-9/h1,4-5,7,9,15H,2-3,6H2. The molecule has 6 heteroatoms. The van der Waals surface area contributed by atoms with Crippen LogP contribution < -0.4 is 5.32 Å². The molecule has 0 bridgehead atoms. The number of hydrogen-bond donors (Lipinski definition) is 1. The van der Waals surface area contributed by atoms with Gasteiger partial charge in [0.05, 0.1) is 22.6 Å². The van der Waals surface area contributed by atoms with Gasteiger partial charge < -0.3 is 5.32 Å². The Balaban J connectivity index is 1.90. The summed E-state index contributed by atoms with van der Waals surface area (Å²) in [5, 5.41) is 11.6. The van der Waals surface area contributed by atoms with Crippen LogP contribution in [0.5, 0.6) is 0 Å². The topological polar surface area (TPSA) is 42.7 Å². The Morgan fingerprint density at radius 1 is 1.44 bits per heavy atom. The predicted octanol–water partition coefficient (Wildman–Crippen LogP) is 2.31. The zero-order valence-electron chi connectivity index (χ0n) is 9.61. The van der Waals surface area contributed by atoms with Crippen molar-refractivity contribution in [3.05, 3.63) is 40.9 Å². The largest absolute Gasteiger partial charge is 0.308 e. The van der Waals surface area contributed by atoms with Crippen LogP contribution in [0.3, 0.4) is 0 Å². The highest BCUT2D eigenvalue weighted by Gasteiger charge is 2.21. The third kappa shape index (κ3) is 2.37. The third-order valence-corrected chi connectivity index (χ3v) is 3.23. The number of benzene rings is 1. The molecule has 3 rings (SSSR count). The lowest BCUT2D eigenvalue weighted by atomic mass is 10.3. The summed E-state index contributed by atoms with van der Waals surface area (Å²) in [4.78, 5) is 0. The van der Waals surface area contributed by atoms with Crippen molar-refractivity contribution in [2.75, 3.05) is 0 Å². The van der Waals surface area contributed by atoms with Crippen LogP contribution in [0, 0.1) is 5.82 Å². The monoisotopic (exact) mass is 266 g/mol. The first-order valence-corrected chi connectivity index (χ1v) is 6.20. The Morgan fingerprint density at radius 3 is 3.06 bits per heavy atom. The molecule has 1 N–H and O–H groups in total. The molecule has 0 unspecified atom stereocenters. The zero-order chi connectivity index (χ0) is 12.5. The number of nitrogens with one attached hydrogen (secondary N) is 1. The van der Waals surface area contributed by atoms with E-state index in [4.69, 9.17) is 11.6 Å². The van der Waals surface area contributed by atoms with Gasteiger partial charge in [-0.05, 0) is 25.0 Å². The zero-order valence-corrected chi connectivity index (χ0v) is 10.4. The molecule has 1 aromatic heterocycles. The lowest BCUT2D eigenvalue weighted by molar-refractivity contribution is 0.619. The first-order valence-electron chi connectivity index (χ1n) is 5.82. The van der Waals surface area contributed by atoms with Crippen molar-refractivity contribution in [1.82, 2.24) is 20.3 Å². The van der Waals surface area contributed by atoms with Crippen LogP contribution in [0.4, 0.5) is 4.39 Å². The molecule has 1 aliphatic rings. The molecule has 2 aromatic rings. The first-order chi connectivity index (χ1) is 8.74. The molecule has 1 fully saturated rings. The second kappa shape index (κ2) is 4.66. The molecule has 0 aliphatic heterocycles. The van der Waals surface area contributed by atoms with Crippen molar-refractivity contribution in [2.24, 2.45) is 0 Å². The van der Waals surface area contributed by atoms with Crippen LogP contribution in [-0.2, 0) is 6.54 Å². The molecule has 1 aliphatic carbocycles. The molecule has 18 heavy (non-hydrogen) atoms. The molecule has 1 aromatic carbocycles. The molecule has 0 radical (unpaired) electrons. The maximum absolute atomic E-state index is 13.3. The van der Waals surface area contributed by atoms with E-state index in [1.54, 1.807) is 10.9 Å². The van der Waals surface area contributed by atoms with Crippen molar-refractivity contribution in [3.63, 3.8) is 0 Å². The molecule has 94 valence electrons. The van der Waals surface area contributed by atoms with E-state index in [1.807, 2.05) is 0 Å². The minimum absolute atomic E-state index is 0.342. The number of rotatable bonds is 4. The molecule has 1 saturated carbocycles. The van der Waals surface area contributed by atoms with Gasteiger partial charge in [0.15, 0.2) is 0 Å². The quantitative estimate of drug-likeness (QED) is 0.923. The highest BCUT2D eigenvalue weighted by molar-refractivity contribution is 6.32. The van der Waals surface area contributed by atoms with Gasteiger partial charge in [0.1, 0.15) is 5.82 Å². The van der Waals surface area contributed by atoms with E-state index in [9.17, 15) is 4.39 Å². The van der Waals surface area contributed by atoms with Crippen LogP contribution in [0.25, 0.3) is 5.69 Å². The van der Waals surface area contributed by atoms with E-state index in [-0.39, 0.29) is 5.82 Å². The summed E-state index contributed by atoms with van der Waals surface area (Å²) in [5.74, 6) is -0.342. The van der Waals surface area contributed by atoms with E-state index < -0.39 is 0 Å². The maximum atomic E-state index is 13.3. The van der Waals surface area contributed by atoms with Gasteiger partial charge in [-0.1, -0.05) is 16.8 Å². The van der Waals surface area contributed by atoms with E-state index in [0.717, 1.165) is 5.69 Å². The van der Waals surface area contributed by atoms with E-state index >= 15 is 0 Å². The summed E-state index contributed by atoms with van der Waals surface area (Å²) in [6.45, 7) is 0.657. The lowest BCUT2D eigenvalue weighted by Gasteiger charge is -2.08. The van der Waals surface area contributed by atoms with Crippen LogP contribution >= 0.6 is 11.6 Å². The van der Waals surface area contributed by atoms with Gasteiger partial charge in [-0.25, -0.2) is 9.07 Å². The summed E-state index contributed by atoms with van der Waals surface area (Å²) in [6, 6.07) is 4.80. The van der Waals surface area contributed by atoms with Crippen LogP contribution in [-0.4, -0.2) is 21.0 Å². The van der Waals surface area contributed by atoms with E-state index in [1.165, 1.54) is 31.0 Å². The number of hydrogen-bond acceptors (Lipinski definition) is 3. The first kappa shape index (κ1) is 11.6. The van der Waals surface area contributed by atoms with Crippen LogP contribution in [0.2, 0.25) is 5.02 Å². The molecule has 0 spiro atoms. The summed E-state index contributed by atoms with van der Waals surface area (Å²) in [5.41, 5.74) is 1.39. The fraction of sp³-hybridized carbons (Fsp3) is 0.333. The van der Waals surface area contributed by atoms with Crippen LogP contribution in [0.1, 0.15) is 18.5 Å². The smallest absolute Gasteiger partial charge is 0.125 e. The van der Waals surface area contributed by atoms with Gasteiger partial charge in [-0.15, -0.1) is 5.10 Å². The number of nitrogens with zero attached hydrogens (tertiary/aromatic N) is 3. The van der Waals surface area contributed by atoms with Gasteiger partial charge >= 0.3 is 0 Å². The van der Waals surface area contributed by atoms with Crippen molar-refractivity contribution < 1.29 is 4.39 Å². The fourth-order valence-corrected chi connectivity index (χ4v) is 1.96. The van der Waals surface area contributed by atoms with Gasteiger partial charge in [0.2, 0.25) is 0 Å². The summed E-state index contributed by atoms with van der Waals surface area (Å²) in [7, 11) is 0. The molecular formula is C12H12ClFN4. The number of halogens is 2. The summed E-state index contributed by atoms with van der Waals surface area (Å²) < 4.78 is 14.8. The van der Waals surface area contributed by atoms with Gasteiger partial charge in [-0.3, -0.25) is 0 Å². The third-order valence-electron chi connectivity index (χ3n) is 2.91. The molecule has 1 heterocycles. The minimum atomic E-state index is -0.342.